The molecule has 0 aliphatic carbocycles. The molecule has 0 saturated carbocycles. The minimum absolute atomic E-state index is 0.210. The SMILES string of the molecule is CCc1ccc(C(C)N2CCC(C)C2C(=O)O)s1. The Morgan fingerprint density at radius 3 is 2.89 bits per heavy atom. The zero-order valence-corrected chi connectivity index (χ0v) is 12.0. The molecule has 1 N–H and O–H groups in total. The summed E-state index contributed by atoms with van der Waals surface area (Å²) in [5, 5.41) is 9.36. The van der Waals surface area contributed by atoms with Crippen molar-refractivity contribution in [3.8, 4) is 0 Å². The summed E-state index contributed by atoms with van der Waals surface area (Å²) in [5.41, 5.74) is 0. The van der Waals surface area contributed by atoms with Crippen molar-refractivity contribution >= 4 is 17.3 Å². The maximum absolute atomic E-state index is 11.4. The van der Waals surface area contributed by atoms with Gasteiger partial charge in [-0.25, -0.2) is 0 Å². The van der Waals surface area contributed by atoms with Gasteiger partial charge in [-0.2, -0.15) is 0 Å². The average Bonchev–Trinajstić information content (AvgIpc) is 2.93. The van der Waals surface area contributed by atoms with Crippen LogP contribution in [0, 0.1) is 5.92 Å². The van der Waals surface area contributed by atoms with Gasteiger partial charge in [0.1, 0.15) is 6.04 Å². The topological polar surface area (TPSA) is 40.5 Å². The number of hydrogen-bond donors (Lipinski definition) is 1. The van der Waals surface area contributed by atoms with Gasteiger partial charge in [-0.3, -0.25) is 9.69 Å². The van der Waals surface area contributed by atoms with Crippen molar-refractivity contribution in [1.29, 1.82) is 0 Å². The molecule has 0 amide bonds. The lowest BCUT2D eigenvalue weighted by Gasteiger charge is -2.28. The highest BCUT2D eigenvalue weighted by Gasteiger charge is 2.39. The van der Waals surface area contributed by atoms with Crippen LogP contribution >= 0.6 is 11.3 Å². The van der Waals surface area contributed by atoms with E-state index in [-0.39, 0.29) is 18.0 Å². The van der Waals surface area contributed by atoms with Gasteiger partial charge in [0.15, 0.2) is 0 Å². The first-order chi connectivity index (χ1) is 8.54. The largest absolute Gasteiger partial charge is 0.480 e. The zero-order valence-electron chi connectivity index (χ0n) is 11.2. The molecule has 0 bridgehead atoms. The van der Waals surface area contributed by atoms with Crippen LogP contribution in [0.5, 0.6) is 0 Å². The van der Waals surface area contributed by atoms with Crippen molar-refractivity contribution in [2.24, 2.45) is 5.92 Å². The van der Waals surface area contributed by atoms with E-state index in [2.05, 4.69) is 30.9 Å². The Bertz CT molecular complexity index is 429. The van der Waals surface area contributed by atoms with Gasteiger partial charge >= 0.3 is 5.97 Å². The zero-order chi connectivity index (χ0) is 13.3. The fraction of sp³-hybridized carbons (Fsp3) is 0.643. The van der Waals surface area contributed by atoms with Crippen molar-refractivity contribution in [3.05, 3.63) is 21.9 Å². The molecule has 4 heteroatoms. The predicted octanol–water partition coefficient (Wildman–Crippen LogP) is 3.17. The van der Waals surface area contributed by atoms with E-state index in [0.717, 1.165) is 19.4 Å². The molecule has 0 radical (unpaired) electrons. The van der Waals surface area contributed by atoms with E-state index in [4.69, 9.17) is 0 Å². The van der Waals surface area contributed by atoms with Gasteiger partial charge in [-0.05, 0) is 44.4 Å². The fourth-order valence-electron chi connectivity index (χ4n) is 2.77. The average molecular weight is 267 g/mol. The number of carbonyl (C=O) groups is 1. The number of likely N-dealkylation sites (tertiary alicyclic amines) is 1. The van der Waals surface area contributed by atoms with Crippen LogP contribution in [-0.2, 0) is 11.2 Å². The second-order valence-electron chi connectivity index (χ2n) is 5.12. The number of aryl methyl sites for hydroxylation is 1. The Morgan fingerprint density at radius 2 is 2.33 bits per heavy atom. The Kier molecular flexibility index (Phi) is 4.07. The van der Waals surface area contributed by atoms with Gasteiger partial charge in [0.2, 0.25) is 0 Å². The molecular formula is C14H21NO2S. The number of nitrogens with zero attached hydrogens (tertiary/aromatic N) is 1. The number of aliphatic carboxylic acids is 1. The summed E-state index contributed by atoms with van der Waals surface area (Å²) in [7, 11) is 0. The van der Waals surface area contributed by atoms with Crippen molar-refractivity contribution < 1.29 is 9.90 Å². The van der Waals surface area contributed by atoms with Gasteiger partial charge in [-0.1, -0.05) is 13.8 Å². The second kappa shape index (κ2) is 5.41. The van der Waals surface area contributed by atoms with E-state index in [0.29, 0.717) is 0 Å². The lowest BCUT2D eigenvalue weighted by molar-refractivity contribution is -0.144. The molecular weight excluding hydrogens is 246 g/mol. The van der Waals surface area contributed by atoms with E-state index >= 15 is 0 Å². The van der Waals surface area contributed by atoms with E-state index < -0.39 is 5.97 Å². The van der Waals surface area contributed by atoms with Crippen molar-refractivity contribution in [1.82, 2.24) is 4.90 Å². The third kappa shape index (κ3) is 2.45. The van der Waals surface area contributed by atoms with Crippen molar-refractivity contribution in [2.75, 3.05) is 6.54 Å². The molecule has 2 heterocycles. The fourth-order valence-corrected chi connectivity index (χ4v) is 3.79. The number of rotatable bonds is 4. The molecule has 3 atom stereocenters. The third-order valence-corrected chi connectivity index (χ3v) is 5.33. The summed E-state index contributed by atoms with van der Waals surface area (Å²) < 4.78 is 0. The Hall–Kier alpha value is -0.870. The molecule has 2 rings (SSSR count). The first kappa shape index (κ1) is 13.6. The smallest absolute Gasteiger partial charge is 0.321 e. The van der Waals surface area contributed by atoms with Crippen LogP contribution in [0.15, 0.2) is 12.1 Å². The first-order valence-corrected chi connectivity index (χ1v) is 7.43. The van der Waals surface area contributed by atoms with Crippen LogP contribution in [0.3, 0.4) is 0 Å². The maximum atomic E-state index is 11.4. The summed E-state index contributed by atoms with van der Waals surface area (Å²) in [6.07, 6.45) is 2.03. The van der Waals surface area contributed by atoms with Crippen LogP contribution in [0.25, 0.3) is 0 Å². The highest BCUT2D eigenvalue weighted by Crippen LogP contribution is 2.35. The highest BCUT2D eigenvalue weighted by atomic mass is 32.1. The lowest BCUT2D eigenvalue weighted by Crippen LogP contribution is -2.40. The Labute approximate surface area is 112 Å². The van der Waals surface area contributed by atoms with Gasteiger partial charge in [0, 0.05) is 15.8 Å². The molecule has 100 valence electrons. The van der Waals surface area contributed by atoms with Crippen molar-refractivity contribution in [2.45, 2.75) is 45.7 Å². The van der Waals surface area contributed by atoms with Gasteiger partial charge < -0.3 is 5.11 Å². The van der Waals surface area contributed by atoms with E-state index in [1.807, 2.05) is 18.3 Å². The molecule has 3 nitrogen and oxygen atoms in total. The van der Waals surface area contributed by atoms with Crippen LogP contribution in [0.1, 0.15) is 43.0 Å². The summed E-state index contributed by atoms with van der Waals surface area (Å²) >= 11 is 1.81. The molecule has 1 aliphatic heterocycles. The molecule has 3 unspecified atom stereocenters. The number of carboxylic acid groups (broad SMARTS) is 1. The number of carboxylic acids is 1. The molecule has 1 fully saturated rings. The van der Waals surface area contributed by atoms with Crippen LogP contribution in [0.2, 0.25) is 0 Å². The van der Waals surface area contributed by atoms with E-state index in [1.54, 1.807) is 0 Å². The summed E-state index contributed by atoms with van der Waals surface area (Å²) in [6, 6.07) is 4.19. The lowest BCUT2D eigenvalue weighted by atomic mass is 10.0. The molecule has 1 aliphatic rings. The number of hydrogen-bond acceptors (Lipinski definition) is 3. The molecule has 18 heavy (non-hydrogen) atoms. The van der Waals surface area contributed by atoms with E-state index in [9.17, 15) is 9.90 Å². The normalized spacial score (nSPS) is 26.4. The quantitative estimate of drug-likeness (QED) is 0.911. The van der Waals surface area contributed by atoms with Crippen LogP contribution in [-0.4, -0.2) is 28.6 Å². The molecule has 0 aromatic carbocycles. The standard InChI is InChI=1S/C14H21NO2S/c1-4-11-5-6-12(18-11)10(3)15-8-7-9(2)13(15)14(16)17/h5-6,9-10,13H,4,7-8H2,1-3H3,(H,16,17). The summed E-state index contributed by atoms with van der Waals surface area (Å²) in [5.74, 6) is -0.435. The maximum Gasteiger partial charge on any atom is 0.321 e. The Balaban J connectivity index is 2.17. The third-order valence-electron chi connectivity index (χ3n) is 3.93. The van der Waals surface area contributed by atoms with Crippen molar-refractivity contribution in [3.63, 3.8) is 0 Å². The number of thiophene rings is 1. The van der Waals surface area contributed by atoms with E-state index in [1.165, 1.54) is 9.75 Å². The minimum Gasteiger partial charge on any atom is -0.480 e. The van der Waals surface area contributed by atoms with Gasteiger partial charge in [0.25, 0.3) is 0 Å². The predicted molar refractivity (Wildman–Crippen MR) is 74.0 cm³/mol. The monoisotopic (exact) mass is 267 g/mol. The second-order valence-corrected chi connectivity index (χ2v) is 6.32. The Morgan fingerprint density at radius 1 is 1.61 bits per heavy atom. The summed E-state index contributed by atoms with van der Waals surface area (Å²) in [6.45, 7) is 7.20. The molecule has 1 aromatic rings. The summed E-state index contributed by atoms with van der Waals surface area (Å²) in [4.78, 5) is 16.2. The first-order valence-electron chi connectivity index (χ1n) is 6.61. The van der Waals surface area contributed by atoms with Gasteiger partial charge in [0.05, 0.1) is 0 Å². The molecule has 1 aromatic heterocycles. The minimum atomic E-state index is -0.681. The van der Waals surface area contributed by atoms with Gasteiger partial charge in [-0.15, -0.1) is 11.3 Å². The van der Waals surface area contributed by atoms with Crippen LogP contribution in [0.4, 0.5) is 0 Å². The molecule has 1 saturated heterocycles. The highest BCUT2D eigenvalue weighted by molar-refractivity contribution is 7.12. The van der Waals surface area contributed by atoms with Crippen LogP contribution < -0.4 is 0 Å². The molecule has 0 spiro atoms.